The summed E-state index contributed by atoms with van der Waals surface area (Å²) in [5, 5.41) is 0. The zero-order valence-corrected chi connectivity index (χ0v) is 14.7. The van der Waals surface area contributed by atoms with E-state index < -0.39 is 12.4 Å². The van der Waals surface area contributed by atoms with Gasteiger partial charge in [0.05, 0.1) is 5.92 Å². The molecule has 2 unspecified atom stereocenters. The maximum absolute atomic E-state index is 11.9. The molecule has 1 aliphatic carbocycles. The second kappa shape index (κ2) is 6.19. The minimum atomic E-state index is -0.609. The van der Waals surface area contributed by atoms with Gasteiger partial charge < -0.3 is 14.2 Å². The molecule has 4 rings (SSSR count). The van der Waals surface area contributed by atoms with E-state index in [9.17, 15) is 4.79 Å². The van der Waals surface area contributed by atoms with Crippen molar-refractivity contribution in [3.05, 3.63) is 60.2 Å². The van der Waals surface area contributed by atoms with Gasteiger partial charge in [-0.1, -0.05) is 50.1 Å². The average Bonchev–Trinajstić information content (AvgIpc) is 3.03. The summed E-state index contributed by atoms with van der Waals surface area (Å²) >= 11 is 0. The molecule has 4 heteroatoms. The lowest BCUT2D eigenvalue weighted by atomic mass is 10.1. The van der Waals surface area contributed by atoms with Crippen LogP contribution in [0.15, 0.2) is 54.6 Å². The summed E-state index contributed by atoms with van der Waals surface area (Å²) in [7, 11) is 0. The van der Waals surface area contributed by atoms with Crippen molar-refractivity contribution in [1.29, 1.82) is 0 Å². The maximum Gasteiger partial charge on any atom is 0.312 e. The fraction of sp³-hybridized carbons (Fsp3) is 0.318. The average molecular weight is 348 g/mol. The third-order valence-corrected chi connectivity index (χ3v) is 5.25. The van der Waals surface area contributed by atoms with Crippen molar-refractivity contribution in [3.8, 4) is 23.8 Å². The molecule has 1 saturated carbocycles. The van der Waals surface area contributed by atoms with Crippen molar-refractivity contribution in [3.63, 3.8) is 0 Å². The van der Waals surface area contributed by atoms with E-state index in [1.807, 2.05) is 54.6 Å². The molecule has 2 fully saturated rings. The minimum Gasteiger partial charge on any atom is -0.457 e. The van der Waals surface area contributed by atoms with Crippen molar-refractivity contribution in [2.24, 2.45) is 17.3 Å². The molecular formula is C22H20O4. The number of para-hydroxylation sites is 1. The number of esters is 1. The second-order valence-corrected chi connectivity index (χ2v) is 7.30. The molecule has 0 aromatic heterocycles. The number of benzene rings is 2. The Bertz CT molecular complexity index is 865. The molecule has 2 aromatic rings. The lowest BCUT2D eigenvalue weighted by Crippen LogP contribution is -2.24. The molecule has 0 N–H and O–H groups in total. The van der Waals surface area contributed by atoms with Gasteiger partial charge in [0.2, 0.25) is 6.29 Å². The largest absolute Gasteiger partial charge is 0.457 e. The first-order chi connectivity index (χ1) is 12.5. The Morgan fingerprint density at radius 1 is 1.12 bits per heavy atom. The quantitative estimate of drug-likeness (QED) is 0.596. The first kappa shape index (κ1) is 16.7. The molecule has 0 spiro atoms. The van der Waals surface area contributed by atoms with E-state index in [4.69, 9.17) is 20.6 Å². The van der Waals surface area contributed by atoms with Crippen LogP contribution in [0.4, 0.5) is 0 Å². The van der Waals surface area contributed by atoms with Gasteiger partial charge in [-0.25, -0.2) is 0 Å². The van der Waals surface area contributed by atoms with E-state index in [1.54, 1.807) is 0 Å². The van der Waals surface area contributed by atoms with Crippen molar-refractivity contribution >= 4 is 5.97 Å². The third-order valence-electron chi connectivity index (χ3n) is 5.25. The maximum atomic E-state index is 11.9. The first-order valence-corrected chi connectivity index (χ1v) is 8.65. The number of cyclic esters (lactones) is 1. The molecule has 1 saturated heterocycles. The Hall–Kier alpha value is -2.77. The Morgan fingerprint density at radius 2 is 1.85 bits per heavy atom. The highest BCUT2D eigenvalue weighted by Crippen LogP contribution is 2.65. The highest BCUT2D eigenvalue weighted by Gasteiger charge is 2.72. The summed E-state index contributed by atoms with van der Waals surface area (Å²) in [6.07, 6.45) is 4.49. The molecule has 0 bridgehead atoms. The third kappa shape index (κ3) is 2.85. The van der Waals surface area contributed by atoms with Crippen LogP contribution in [0.1, 0.15) is 25.5 Å². The van der Waals surface area contributed by atoms with Crippen molar-refractivity contribution in [1.82, 2.24) is 0 Å². The fourth-order valence-corrected chi connectivity index (χ4v) is 3.72. The van der Waals surface area contributed by atoms with Gasteiger partial charge in [0.15, 0.2) is 0 Å². The Morgan fingerprint density at radius 3 is 2.50 bits per heavy atom. The number of hydrogen-bond acceptors (Lipinski definition) is 4. The molecule has 1 heterocycles. The number of carbonyl (C=O) groups is 1. The van der Waals surface area contributed by atoms with E-state index in [-0.39, 0.29) is 23.2 Å². The number of fused-ring (bicyclic) bond motifs is 1. The van der Waals surface area contributed by atoms with Gasteiger partial charge in [-0.05, 0) is 35.2 Å². The molecule has 4 atom stereocenters. The smallest absolute Gasteiger partial charge is 0.312 e. The van der Waals surface area contributed by atoms with Crippen LogP contribution in [0.25, 0.3) is 0 Å². The summed E-state index contributed by atoms with van der Waals surface area (Å²) in [6.45, 7) is 4.11. The van der Waals surface area contributed by atoms with Gasteiger partial charge in [-0.2, -0.15) is 0 Å². The topological polar surface area (TPSA) is 44.8 Å². The molecule has 26 heavy (non-hydrogen) atoms. The Labute approximate surface area is 153 Å². The fourth-order valence-electron chi connectivity index (χ4n) is 3.72. The van der Waals surface area contributed by atoms with E-state index in [0.717, 1.165) is 11.3 Å². The normalized spacial score (nSPS) is 26.3. The second-order valence-electron chi connectivity index (χ2n) is 7.30. The lowest BCUT2D eigenvalue weighted by molar-refractivity contribution is -0.182. The zero-order chi connectivity index (χ0) is 18.3. The monoisotopic (exact) mass is 348 g/mol. The van der Waals surface area contributed by atoms with Crippen LogP contribution >= 0.6 is 0 Å². The van der Waals surface area contributed by atoms with Gasteiger partial charge in [0, 0.05) is 5.92 Å². The number of rotatable bonds is 5. The van der Waals surface area contributed by atoms with Crippen LogP contribution in [-0.2, 0) is 14.3 Å². The first-order valence-electron chi connectivity index (χ1n) is 8.65. The molecule has 0 radical (unpaired) electrons. The van der Waals surface area contributed by atoms with Crippen LogP contribution in [0.2, 0.25) is 0 Å². The van der Waals surface area contributed by atoms with Gasteiger partial charge in [0.1, 0.15) is 17.6 Å². The highest BCUT2D eigenvalue weighted by atomic mass is 16.7. The van der Waals surface area contributed by atoms with Gasteiger partial charge in [-0.15, -0.1) is 6.42 Å². The van der Waals surface area contributed by atoms with Crippen LogP contribution in [0, 0.1) is 29.6 Å². The molecule has 4 nitrogen and oxygen atoms in total. The van der Waals surface area contributed by atoms with Crippen LogP contribution in [0.5, 0.6) is 11.5 Å². The molecule has 2 aromatic carbocycles. The summed E-state index contributed by atoms with van der Waals surface area (Å²) in [5.74, 6) is 3.85. The molecule has 0 amide bonds. The van der Waals surface area contributed by atoms with Gasteiger partial charge in [-0.3, -0.25) is 4.79 Å². The predicted molar refractivity (Wildman–Crippen MR) is 96.3 cm³/mol. The summed E-state index contributed by atoms with van der Waals surface area (Å²) in [4.78, 5) is 11.9. The van der Waals surface area contributed by atoms with Crippen LogP contribution in [-0.4, -0.2) is 12.3 Å². The summed E-state index contributed by atoms with van der Waals surface area (Å²) in [5.41, 5.74) is 0.705. The van der Waals surface area contributed by atoms with Gasteiger partial charge in [0.25, 0.3) is 0 Å². The highest BCUT2D eigenvalue weighted by molar-refractivity contribution is 5.80. The number of ether oxygens (including phenoxy) is 3. The van der Waals surface area contributed by atoms with Gasteiger partial charge >= 0.3 is 5.97 Å². The molecule has 2 aliphatic rings. The van der Waals surface area contributed by atoms with E-state index in [0.29, 0.717) is 5.75 Å². The zero-order valence-electron chi connectivity index (χ0n) is 14.7. The van der Waals surface area contributed by atoms with Crippen molar-refractivity contribution in [2.45, 2.75) is 26.2 Å². The standard InChI is InChI=1S/C22H20O4/c1-4-17(25-21-19-18(20(23)26-21)22(19,2)3)14-9-8-12-16(13-14)24-15-10-6-5-7-11-15/h1,5-13,17-19,21H,2-3H3/t17-,18?,19?,21-/m1/s1. The summed E-state index contributed by atoms with van der Waals surface area (Å²) < 4.78 is 17.2. The number of terminal acetylenes is 1. The van der Waals surface area contributed by atoms with Crippen molar-refractivity contribution in [2.75, 3.05) is 0 Å². The lowest BCUT2D eigenvalue weighted by Gasteiger charge is -2.22. The SMILES string of the molecule is C#C[C@@H](O[C@@H]1OC(=O)C2C1C2(C)C)c1cccc(Oc2ccccc2)c1. The Balaban J connectivity index is 1.50. The predicted octanol–water partition coefficient (Wildman–Crippen LogP) is 4.32. The van der Waals surface area contributed by atoms with E-state index >= 15 is 0 Å². The van der Waals surface area contributed by atoms with Crippen LogP contribution < -0.4 is 4.74 Å². The molecule has 132 valence electrons. The number of carbonyl (C=O) groups excluding carboxylic acids is 1. The summed E-state index contributed by atoms with van der Waals surface area (Å²) in [6, 6.07) is 17.0. The molecular weight excluding hydrogens is 328 g/mol. The van der Waals surface area contributed by atoms with Crippen LogP contribution in [0.3, 0.4) is 0 Å². The van der Waals surface area contributed by atoms with E-state index in [1.165, 1.54) is 0 Å². The van der Waals surface area contributed by atoms with E-state index in [2.05, 4.69) is 19.8 Å². The molecule has 1 aliphatic heterocycles. The van der Waals surface area contributed by atoms with Crippen molar-refractivity contribution < 1.29 is 19.0 Å². The minimum absolute atomic E-state index is 0.0644. The number of hydrogen-bond donors (Lipinski definition) is 0. The Kier molecular flexibility index (Phi) is 3.97.